The lowest BCUT2D eigenvalue weighted by Crippen LogP contribution is -2.10. The first-order chi connectivity index (χ1) is 26.7. The van der Waals surface area contributed by atoms with Crippen molar-refractivity contribution in [2.45, 2.75) is 0 Å². The zero-order valence-corrected chi connectivity index (χ0v) is 29.6. The first kappa shape index (κ1) is 31.6. The van der Waals surface area contributed by atoms with E-state index in [0.29, 0.717) is 0 Å². The number of benzene rings is 9. The minimum absolute atomic E-state index is 0.880. The second kappa shape index (κ2) is 13.4. The average molecular weight is 690 g/mol. The number of furan rings is 1. The van der Waals surface area contributed by atoms with Crippen molar-refractivity contribution in [3.8, 4) is 44.5 Å². The molecule has 0 aliphatic rings. The molecule has 10 aromatic rings. The fraction of sp³-hybridized carbons (Fsp3) is 0. The van der Waals surface area contributed by atoms with Gasteiger partial charge >= 0.3 is 0 Å². The number of hydrogen-bond donors (Lipinski definition) is 0. The van der Waals surface area contributed by atoms with Crippen LogP contribution in [0.5, 0.6) is 0 Å². The Morgan fingerprint density at radius 3 is 1.43 bits per heavy atom. The quantitative estimate of drug-likeness (QED) is 0.166. The molecule has 0 saturated carbocycles. The molecule has 0 N–H and O–H groups in total. The summed E-state index contributed by atoms with van der Waals surface area (Å²) < 4.78 is 6.64. The highest BCUT2D eigenvalue weighted by Gasteiger charge is 2.20. The van der Waals surface area contributed by atoms with Crippen LogP contribution >= 0.6 is 0 Å². The van der Waals surface area contributed by atoms with Gasteiger partial charge in [-0.15, -0.1) is 0 Å². The molecule has 10 rings (SSSR count). The molecule has 0 saturated heterocycles. The van der Waals surface area contributed by atoms with Gasteiger partial charge in [0, 0.05) is 33.4 Å². The van der Waals surface area contributed by atoms with E-state index in [0.717, 1.165) is 50.1 Å². The van der Waals surface area contributed by atoms with E-state index < -0.39 is 0 Å². The Labute approximate surface area is 314 Å². The third kappa shape index (κ3) is 5.81. The van der Waals surface area contributed by atoms with Gasteiger partial charge < -0.3 is 9.32 Å². The second-order valence-electron chi connectivity index (χ2n) is 13.8. The summed E-state index contributed by atoms with van der Waals surface area (Å²) in [6.45, 7) is 0. The van der Waals surface area contributed by atoms with Gasteiger partial charge in [0.15, 0.2) is 0 Å². The first-order valence-corrected chi connectivity index (χ1v) is 18.4. The molecule has 0 atom stereocenters. The van der Waals surface area contributed by atoms with E-state index in [1.54, 1.807) is 0 Å². The van der Waals surface area contributed by atoms with Crippen molar-refractivity contribution in [3.05, 3.63) is 212 Å². The van der Waals surface area contributed by atoms with Crippen molar-refractivity contribution in [1.82, 2.24) is 0 Å². The van der Waals surface area contributed by atoms with Crippen LogP contribution in [0.4, 0.5) is 17.1 Å². The van der Waals surface area contributed by atoms with Crippen molar-refractivity contribution in [1.29, 1.82) is 0 Å². The number of fused-ring (bicyclic) bond motifs is 4. The molecule has 0 aliphatic carbocycles. The SMILES string of the molecule is c1ccc(-c2ccc(-c3cc(N(c4ccc(-c5ccccc5)cc4)c4ccc(-c5ccc6ccccc6c5)cc4)cc4c3oc3ccccc34)cc2)cc1. The molecule has 9 aromatic carbocycles. The highest BCUT2D eigenvalue weighted by molar-refractivity contribution is 6.11. The number of para-hydroxylation sites is 1. The summed E-state index contributed by atoms with van der Waals surface area (Å²) >= 11 is 0. The Hall–Kier alpha value is -7.16. The van der Waals surface area contributed by atoms with Crippen LogP contribution in [0.3, 0.4) is 0 Å². The zero-order chi connectivity index (χ0) is 35.8. The highest BCUT2D eigenvalue weighted by atomic mass is 16.3. The van der Waals surface area contributed by atoms with E-state index in [-0.39, 0.29) is 0 Å². The lowest BCUT2D eigenvalue weighted by atomic mass is 9.97. The van der Waals surface area contributed by atoms with Crippen molar-refractivity contribution in [3.63, 3.8) is 0 Å². The largest absolute Gasteiger partial charge is 0.455 e. The van der Waals surface area contributed by atoms with Crippen LogP contribution < -0.4 is 4.90 Å². The van der Waals surface area contributed by atoms with Gasteiger partial charge in [0.25, 0.3) is 0 Å². The van der Waals surface area contributed by atoms with Gasteiger partial charge in [0.05, 0.1) is 0 Å². The Morgan fingerprint density at radius 1 is 0.296 bits per heavy atom. The Kier molecular flexibility index (Phi) is 7.85. The molecule has 0 radical (unpaired) electrons. The van der Waals surface area contributed by atoms with E-state index in [1.165, 1.54) is 44.2 Å². The molecule has 0 fully saturated rings. The predicted molar refractivity (Wildman–Crippen MR) is 228 cm³/mol. The maximum atomic E-state index is 6.64. The minimum atomic E-state index is 0.880. The van der Waals surface area contributed by atoms with Crippen molar-refractivity contribution >= 4 is 49.8 Å². The maximum Gasteiger partial charge on any atom is 0.143 e. The molecular weight excluding hydrogens is 655 g/mol. The van der Waals surface area contributed by atoms with E-state index in [2.05, 4.69) is 211 Å². The molecule has 0 unspecified atom stereocenters. The van der Waals surface area contributed by atoms with Crippen LogP contribution in [-0.2, 0) is 0 Å². The number of hydrogen-bond acceptors (Lipinski definition) is 2. The molecule has 2 nitrogen and oxygen atoms in total. The monoisotopic (exact) mass is 689 g/mol. The number of nitrogens with zero attached hydrogens (tertiary/aromatic N) is 1. The molecule has 0 spiro atoms. The van der Waals surface area contributed by atoms with Crippen LogP contribution in [0.2, 0.25) is 0 Å². The van der Waals surface area contributed by atoms with Gasteiger partial charge in [-0.2, -0.15) is 0 Å². The van der Waals surface area contributed by atoms with Gasteiger partial charge in [-0.3, -0.25) is 0 Å². The van der Waals surface area contributed by atoms with Crippen LogP contribution in [0.15, 0.2) is 217 Å². The number of rotatable bonds is 7. The zero-order valence-electron chi connectivity index (χ0n) is 29.6. The molecule has 54 heavy (non-hydrogen) atoms. The maximum absolute atomic E-state index is 6.64. The standard InChI is InChI=1S/C52H35NO/c1-3-11-36(12-4-1)39-19-22-42(23-20-39)49-34-47(35-50-48-17-9-10-18-51(48)54-52(49)50)53(45-29-25-40(26-30-45)37-13-5-2-6-14-37)46-31-27-41(28-32-46)44-24-21-38-15-7-8-16-43(38)33-44/h1-35H. The van der Waals surface area contributed by atoms with E-state index >= 15 is 0 Å². The van der Waals surface area contributed by atoms with Crippen molar-refractivity contribution in [2.75, 3.05) is 4.90 Å². The van der Waals surface area contributed by atoms with Gasteiger partial charge in [-0.1, -0.05) is 164 Å². The second-order valence-corrected chi connectivity index (χ2v) is 13.8. The van der Waals surface area contributed by atoms with Crippen molar-refractivity contribution in [2.24, 2.45) is 0 Å². The summed E-state index contributed by atoms with van der Waals surface area (Å²) in [5.41, 5.74) is 14.3. The first-order valence-electron chi connectivity index (χ1n) is 18.4. The highest BCUT2D eigenvalue weighted by Crippen LogP contribution is 2.44. The fourth-order valence-corrected chi connectivity index (χ4v) is 7.68. The normalized spacial score (nSPS) is 11.3. The Bertz CT molecular complexity index is 2890. The third-order valence-electron chi connectivity index (χ3n) is 10.5. The summed E-state index contributed by atoms with van der Waals surface area (Å²) in [5, 5.41) is 4.67. The van der Waals surface area contributed by atoms with Gasteiger partial charge in [0.1, 0.15) is 11.2 Å². The summed E-state index contributed by atoms with van der Waals surface area (Å²) in [5.74, 6) is 0. The van der Waals surface area contributed by atoms with E-state index in [1.807, 2.05) is 6.07 Å². The Balaban J connectivity index is 1.14. The lowest BCUT2D eigenvalue weighted by molar-refractivity contribution is 0.670. The summed E-state index contributed by atoms with van der Waals surface area (Å²) in [4.78, 5) is 2.36. The Morgan fingerprint density at radius 2 is 0.778 bits per heavy atom. The summed E-state index contributed by atoms with van der Waals surface area (Å²) in [6, 6.07) is 75.9. The molecular formula is C52H35NO. The molecule has 0 amide bonds. The molecule has 2 heteroatoms. The summed E-state index contributed by atoms with van der Waals surface area (Å²) in [7, 11) is 0. The molecule has 0 bridgehead atoms. The van der Waals surface area contributed by atoms with E-state index in [9.17, 15) is 0 Å². The van der Waals surface area contributed by atoms with Crippen LogP contribution in [-0.4, -0.2) is 0 Å². The lowest BCUT2D eigenvalue weighted by Gasteiger charge is -2.27. The van der Waals surface area contributed by atoms with Gasteiger partial charge in [-0.25, -0.2) is 0 Å². The molecule has 254 valence electrons. The van der Waals surface area contributed by atoms with Crippen LogP contribution in [0.25, 0.3) is 77.2 Å². The molecule has 1 aromatic heterocycles. The predicted octanol–water partition coefficient (Wildman–Crippen LogP) is 14.9. The third-order valence-corrected chi connectivity index (χ3v) is 10.5. The van der Waals surface area contributed by atoms with Crippen molar-refractivity contribution < 1.29 is 4.42 Å². The smallest absolute Gasteiger partial charge is 0.143 e. The van der Waals surface area contributed by atoms with Crippen LogP contribution in [0.1, 0.15) is 0 Å². The van der Waals surface area contributed by atoms with E-state index in [4.69, 9.17) is 4.42 Å². The minimum Gasteiger partial charge on any atom is -0.455 e. The summed E-state index contributed by atoms with van der Waals surface area (Å²) in [6.07, 6.45) is 0. The molecule has 0 aliphatic heterocycles. The topological polar surface area (TPSA) is 16.4 Å². The molecule has 1 heterocycles. The van der Waals surface area contributed by atoms with Crippen LogP contribution in [0, 0.1) is 0 Å². The fourth-order valence-electron chi connectivity index (χ4n) is 7.68. The van der Waals surface area contributed by atoms with Gasteiger partial charge in [-0.05, 0) is 98.2 Å². The number of anilines is 3. The average Bonchev–Trinajstić information content (AvgIpc) is 3.63. The van der Waals surface area contributed by atoms with Gasteiger partial charge in [0.2, 0.25) is 0 Å².